The van der Waals surface area contributed by atoms with E-state index in [1.165, 1.54) is 0 Å². The second-order valence-electron chi connectivity index (χ2n) is 6.00. The highest BCUT2D eigenvalue weighted by atomic mass is 16.6. The summed E-state index contributed by atoms with van der Waals surface area (Å²) in [6.45, 7) is 8.53. The molecule has 0 aliphatic carbocycles. The molecule has 2 atom stereocenters. The Kier molecular flexibility index (Phi) is 5.17. The number of hydrogen-bond donors (Lipinski definition) is 2. The standard InChI is InChI=1S/C13H25N3O3/c1-9(11(14)17)15-8-10-6-5-7-16(10)12(18)19-13(2,3)4/h9-10,15H,5-8H2,1-4H3,(H2,14,17). The lowest BCUT2D eigenvalue weighted by atomic mass is 10.2. The van der Waals surface area contributed by atoms with Gasteiger partial charge in [0.05, 0.1) is 6.04 Å². The Bertz CT molecular complexity index is 339. The van der Waals surface area contributed by atoms with Crippen molar-refractivity contribution in [3.8, 4) is 0 Å². The second-order valence-corrected chi connectivity index (χ2v) is 6.00. The number of rotatable bonds is 4. The van der Waals surface area contributed by atoms with Crippen LogP contribution in [0.15, 0.2) is 0 Å². The zero-order valence-electron chi connectivity index (χ0n) is 12.2. The molecule has 1 aliphatic rings. The van der Waals surface area contributed by atoms with Crippen LogP contribution in [0.1, 0.15) is 40.5 Å². The molecular weight excluding hydrogens is 246 g/mol. The van der Waals surface area contributed by atoms with Gasteiger partial charge in [0.25, 0.3) is 0 Å². The van der Waals surface area contributed by atoms with Crippen LogP contribution in [0.2, 0.25) is 0 Å². The van der Waals surface area contributed by atoms with Gasteiger partial charge in [0, 0.05) is 19.1 Å². The van der Waals surface area contributed by atoms with Crippen LogP contribution in [0.5, 0.6) is 0 Å². The molecule has 0 bridgehead atoms. The van der Waals surface area contributed by atoms with Gasteiger partial charge in [0.15, 0.2) is 0 Å². The number of hydrogen-bond acceptors (Lipinski definition) is 4. The minimum Gasteiger partial charge on any atom is -0.444 e. The first kappa shape index (κ1) is 15.8. The fourth-order valence-corrected chi connectivity index (χ4v) is 2.02. The van der Waals surface area contributed by atoms with Crippen molar-refractivity contribution >= 4 is 12.0 Å². The number of likely N-dealkylation sites (tertiary alicyclic amines) is 1. The van der Waals surface area contributed by atoms with Gasteiger partial charge in [-0.2, -0.15) is 0 Å². The maximum Gasteiger partial charge on any atom is 0.410 e. The van der Waals surface area contributed by atoms with Gasteiger partial charge < -0.3 is 20.7 Å². The third kappa shape index (κ3) is 5.06. The summed E-state index contributed by atoms with van der Waals surface area (Å²) in [6.07, 6.45) is 1.58. The number of ether oxygens (including phenoxy) is 1. The summed E-state index contributed by atoms with van der Waals surface area (Å²) < 4.78 is 5.37. The molecule has 6 heteroatoms. The lowest BCUT2D eigenvalue weighted by Crippen LogP contribution is -2.48. The molecular formula is C13H25N3O3. The summed E-state index contributed by atoms with van der Waals surface area (Å²) in [7, 11) is 0. The average Bonchev–Trinajstić information content (AvgIpc) is 2.71. The summed E-state index contributed by atoms with van der Waals surface area (Å²) >= 11 is 0. The Balaban J connectivity index is 2.50. The molecule has 19 heavy (non-hydrogen) atoms. The van der Waals surface area contributed by atoms with E-state index >= 15 is 0 Å². The smallest absolute Gasteiger partial charge is 0.410 e. The van der Waals surface area contributed by atoms with E-state index in [1.807, 2.05) is 20.8 Å². The lowest BCUT2D eigenvalue weighted by Gasteiger charge is -2.29. The highest BCUT2D eigenvalue weighted by Crippen LogP contribution is 2.20. The molecule has 1 heterocycles. The van der Waals surface area contributed by atoms with E-state index < -0.39 is 5.60 Å². The van der Waals surface area contributed by atoms with E-state index in [1.54, 1.807) is 11.8 Å². The summed E-state index contributed by atoms with van der Waals surface area (Å²) in [5, 5.41) is 3.05. The first-order chi connectivity index (χ1) is 8.70. The van der Waals surface area contributed by atoms with E-state index in [2.05, 4.69) is 5.32 Å². The molecule has 0 saturated carbocycles. The van der Waals surface area contributed by atoms with Crippen molar-refractivity contribution in [2.75, 3.05) is 13.1 Å². The summed E-state index contributed by atoms with van der Waals surface area (Å²) in [6, 6.07) is -0.322. The molecule has 1 fully saturated rings. The van der Waals surface area contributed by atoms with Crippen molar-refractivity contribution in [2.45, 2.75) is 58.2 Å². The first-order valence-electron chi connectivity index (χ1n) is 6.73. The molecule has 1 saturated heterocycles. The van der Waals surface area contributed by atoms with Gasteiger partial charge >= 0.3 is 6.09 Å². The number of amides is 2. The molecule has 1 rings (SSSR count). The van der Waals surface area contributed by atoms with E-state index in [-0.39, 0.29) is 24.1 Å². The normalized spacial score (nSPS) is 21.3. The molecule has 0 radical (unpaired) electrons. The molecule has 0 aromatic carbocycles. The van der Waals surface area contributed by atoms with Crippen molar-refractivity contribution in [3.05, 3.63) is 0 Å². The molecule has 110 valence electrons. The van der Waals surface area contributed by atoms with Crippen molar-refractivity contribution < 1.29 is 14.3 Å². The van der Waals surface area contributed by atoms with Crippen LogP contribution in [0.3, 0.4) is 0 Å². The van der Waals surface area contributed by atoms with Crippen LogP contribution in [0.4, 0.5) is 4.79 Å². The Morgan fingerprint density at radius 2 is 2.11 bits per heavy atom. The topological polar surface area (TPSA) is 84.7 Å². The third-order valence-corrected chi connectivity index (χ3v) is 3.09. The van der Waals surface area contributed by atoms with Gasteiger partial charge in [-0.25, -0.2) is 4.79 Å². The highest BCUT2D eigenvalue weighted by molar-refractivity contribution is 5.79. The van der Waals surface area contributed by atoms with Crippen LogP contribution in [0.25, 0.3) is 0 Å². The summed E-state index contributed by atoms with van der Waals surface area (Å²) in [4.78, 5) is 24.7. The lowest BCUT2D eigenvalue weighted by molar-refractivity contribution is -0.119. The minimum absolute atomic E-state index is 0.0663. The van der Waals surface area contributed by atoms with Gasteiger partial charge in [-0.3, -0.25) is 4.79 Å². The maximum absolute atomic E-state index is 12.0. The molecule has 0 spiro atoms. The molecule has 0 aromatic rings. The fraction of sp³-hybridized carbons (Fsp3) is 0.846. The highest BCUT2D eigenvalue weighted by Gasteiger charge is 2.32. The zero-order chi connectivity index (χ0) is 14.6. The van der Waals surface area contributed by atoms with E-state index in [4.69, 9.17) is 10.5 Å². The van der Waals surface area contributed by atoms with Crippen molar-refractivity contribution in [1.82, 2.24) is 10.2 Å². The molecule has 3 N–H and O–H groups in total. The number of nitrogens with two attached hydrogens (primary N) is 1. The molecule has 6 nitrogen and oxygen atoms in total. The first-order valence-corrected chi connectivity index (χ1v) is 6.73. The quantitative estimate of drug-likeness (QED) is 0.794. The monoisotopic (exact) mass is 271 g/mol. The molecule has 0 aromatic heterocycles. The van der Waals surface area contributed by atoms with Crippen LogP contribution in [-0.2, 0) is 9.53 Å². The van der Waals surface area contributed by atoms with Crippen molar-refractivity contribution in [2.24, 2.45) is 5.73 Å². The number of primary amides is 1. The van der Waals surface area contributed by atoms with Crippen LogP contribution in [-0.4, -0.2) is 47.7 Å². The van der Waals surface area contributed by atoms with Crippen LogP contribution in [0, 0.1) is 0 Å². The summed E-state index contributed by atoms with van der Waals surface area (Å²) in [5.74, 6) is -0.387. The minimum atomic E-state index is -0.488. The Labute approximate surface area is 114 Å². The van der Waals surface area contributed by atoms with E-state index in [0.29, 0.717) is 13.1 Å². The number of carbonyl (C=O) groups is 2. The SMILES string of the molecule is CC(NCC1CCCN1C(=O)OC(C)(C)C)C(N)=O. The Morgan fingerprint density at radius 3 is 2.63 bits per heavy atom. The zero-order valence-corrected chi connectivity index (χ0v) is 12.2. The van der Waals surface area contributed by atoms with E-state index in [9.17, 15) is 9.59 Å². The number of nitrogens with one attached hydrogen (secondary N) is 1. The Hall–Kier alpha value is -1.30. The Morgan fingerprint density at radius 1 is 1.47 bits per heavy atom. The van der Waals surface area contributed by atoms with Gasteiger partial charge in [0.1, 0.15) is 5.60 Å². The van der Waals surface area contributed by atoms with Crippen LogP contribution < -0.4 is 11.1 Å². The van der Waals surface area contributed by atoms with E-state index in [0.717, 1.165) is 12.8 Å². The van der Waals surface area contributed by atoms with Gasteiger partial charge in [-0.1, -0.05) is 0 Å². The number of carbonyl (C=O) groups excluding carboxylic acids is 2. The average molecular weight is 271 g/mol. The fourth-order valence-electron chi connectivity index (χ4n) is 2.02. The molecule has 1 aliphatic heterocycles. The largest absolute Gasteiger partial charge is 0.444 e. The molecule has 2 amide bonds. The van der Waals surface area contributed by atoms with Crippen molar-refractivity contribution in [3.63, 3.8) is 0 Å². The predicted octanol–water partition coefficient (Wildman–Crippen LogP) is 0.849. The third-order valence-electron chi connectivity index (χ3n) is 3.09. The second kappa shape index (κ2) is 6.23. The summed E-state index contributed by atoms with van der Waals surface area (Å²) in [5.41, 5.74) is 4.70. The van der Waals surface area contributed by atoms with Crippen molar-refractivity contribution in [1.29, 1.82) is 0 Å². The number of nitrogens with zero attached hydrogens (tertiary/aromatic N) is 1. The predicted molar refractivity (Wildman–Crippen MR) is 72.6 cm³/mol. The maximum atomic E-state index is 12.0. The van der Waals surface area contributed by atoms with Crippen LogP contribution >= 0.6 is 0 Å². The van der Waals surface area contributed by atoms with Gasteiger partial charge in [0.2, 0.25) is 5.91 Å². The molecule has 2 unspecified atom stereocenters. The van der Waals surface area contributed by atoms with Gasteiger partial charge in [-0.05, 0) is 40.5 Å². The van der Waals surface area contributed by atoms with Gasteiger partial charge in [-0.15, -0.1) is 0 Å².